The molecule has 1 fully saturated rings. The van der Waals surface area contributed by atoms with E-state index in [0.29, 0.717) is 19.8 Å². The van der Waals surface area contributed by atoms with Gasteiger partial charge in [0.05, 0.1) is 25.3 Å². The minimum Gasteiger partial charge on any atom is -0.379 e. The van der Waals surface area contributed by atoms with Crippen LogP contribution in [0.3, 0.4) is 0 Å². The molecule has 2 heterocycles. The van der Waals surface area contributed by atoms with Crippen molar-refractivity contribution in [2.24, 2.45) is 5.92 Å². The van der Waals surface area contributed by atoms with Crippen molar-refractivity contribution in [3.05, 3.63) is 12.4 Å². The largest absolute Gasteiger partial charge is 0.379 e. The van der Waals surface area contributed by atoms with Crippen LogP contribution in [0.4, 0.5) is 0 Å². The summed E-state index contributed by atoms with van der Waals surface area (Å²) in [6.45, 7) is 5.42. The molecular formula is C12H21N5O2. The highest BCUT2D eigenvalue weighted by Gasteiger charge is 2.32. The number of nitrogens with one attached hydrogen (secondary N) is 2. The second kappa shape index (κ2) is 7.20. The van der Waals surface area contributed by atoms with Crippen molar-refractivity contribution in [2.75, 3.05) is 26.3 Å². The lowest BCUT2D eigenvalue weighted by molar-refractivity contribution is -0.125. The van der Waals surface area contributed by atoms with Crippen LogP contribution in [0.2, 0.25) is 0 Å². The number of hydrogen-bond acceptors (Lipinski definition) is 5. The van der Waals surface area contributed by atoms with E-state index >= 15 is 0 Å². The van der Waals surface area contributed by atoms with Gasteiger partial charge in [0.1, 0.15) is 0 Å². The van der Waals surface area contributed by atoms with Gasteiger partial charge >= 0.3 is 0 Å². The minimum absolute atomic E-state index is 0.0713. The van der Waals surface area contributed by atoms with Crippen molar-refractivity contribution in [2.45, 2.75) is 25.9 Å². The molecule has 1 aromatic heterocycles. The molecule has 0 bridgehead atoms. The molecule has 106 valence electrons. The third-order valence-electron chi connectivity index (χ3n) is 3.22. The van der Waals surface area contributed by atoms with Gasteiger partial charge in [-0.1, -0.05) is 12.1 Å². The summed E-state index contributed by atoms with van der Waals surface area (Å²) in [6, 6.07) is 0.139. The summed E-state index contributed by atoms with van der Waals surface area (Å²) in [5.41, 5.74) is 0. The molecule has 1 aromatic rings. The Morgan fingerprint density at radius 1 is 1.53 bits per heavy atom. The minimum atomic E-state index is -0.0775. The predicted octanol–water partition coefficient (Wildman–Crippen LogP) is -0.591. The van der Waals surface area contributed by atoms with E-state index in [1.807, 2.05) is 13.1 Å². The molecule has 0 aromatic carbocycles. The molecule has 2 atom stereocenters. The third-order valence-corrected chi connectivity index (χ3v) is 3.22. The molecule has 7 nitrogen and oxygen atoms in total. The number of hydrogen-bond donors (Lipinski definition) is 2. The third kappa shape index (κ3) is 4.00. The average molecular weight is 267 g/mol. The van der Waals surface area contributed by atoms with Gasteiger partial charge in [-0.2, -0.15) is 0 Å². The van der Waals surface area contributed by atoms with E-state index in [1.54, 1.807) is 10.9 Å². The molecule has 0 spiro atoms. The van der Waals surface area contributed by atoms with Crippen molar-refractivity contribution >= 4 is 5.91 Å². The van der Waals surface area contributed by atoms with Crippen molar-refractivity contribution in [1.82, 2.24) is 25.6 Å². The van der Waals surface area contributed by atoms with Crippen LogP contribution in [0.15, 0.2) is 12.4 Å². The van der Waals surface area contributed by atoms with Crippen LogP contribution in [0.25, 0.3) is 0 Å². The number of likely N-dealkylation sites (N-methyl/N-ethyl adjacent to an activating group) is 1. The molecule has 2 rings (SSSR count). The van der Waals surface area contributed by atoms with Gasteiger partial charge in [0.15, 0.2) is 0 Å². The summed E-state index contributed by atoms with van der Waals surface area (Å²) in [7, 11) is 0. The van der Waals surface area contributed by atoms with Crippen molar-refractivity contribution < 1.29 is 9.53 Å². The Bertz CT molecular complexity index is 381. The smallest absolute Gasteiger partial charge is 0.227 e. The lowest BCUT2D eigenvalue weighted by Crippen LogP contribution is -2.44. The summed E-state index contributed by atoms with van der Waals surface area (Å²) in [5, 5.41) is 13.8. The van der Waals surface area contributed by atoms with Gasteiger partial charge in [0.25, 0.3) is 0 Å². The first kappa shape index (κ1) is 14.0. The zero-order chi connectivity index (χ0) is 13.5. The second-order valence-electron chi connectivity index (χ2n) is 4.62. The predicted molar refractivity (Wildman–Crippen MR) is 69.4 cm³/mol. The molecule has 2 N–H and O–H groups in total. The molecule has 19 heavy (non-hydrogen) atoms. The van der Waals surface area contributed by atoms with E-state index in [-0.39, 0.29) is 17.9 Å². The summed E-state index contributed by atoms with van der Waals surface area (Å²) >= 11 is 0. The Hall–Kier alpha value is -1.47. The van der Waals surface area contributed by atoms with Crippen LogP contribution in [-0.2, 0) is 16.1 Å². The van der Waals surface area contributed by atoms with E-state index in [2.05, 4.69) is 20.9 Å². The first-order valence-electron chi connectivity index (χ1n) is 6.74. The molecule has 0 aliphatic carbocycles. The number of ether oxygens (including phenoxy) is 1. The molecule has 2 unspecified atom stereocenters. The summed E-state index contributed by atoms with van der Waals surface area (Å²) in [5.74, 6) is -0.00615. The average Bonchev–Trinajstić information content (AvgIpc) is 3.05. The summed E-state index contributed by atoms with van der Waals surface area (Å²) in [6.07, 6.45) is 4.30. The highest BCUT2D eigenvalue weighted by molar-refractivity contribution is 5.79. The normalized spacial score (nSPS) is 22.6. The van der Waals surface area contributed by atoms with Crippen molar-refractivity contribution in [1.29, 1.82) is 0 Å². The zero-order valence-corrected chi connectivity index (χ0v) is 11.2. The monoisotopic (exact) mass is 267 g/mol. The van der Waals surface area contributed by atoms with Crippen LogP contribution in [-0.4, -0.2) is 53.2 Å². The van der Waals surface area contributed by atoms with Crippen LogP contribution < -0.4 is 10.6 Å². The second-order valence-corrected chi connectivity index (χ2v) is 4.62. The molecule has 1 aliphatic heterocycles. The number of carbonyl (C=O) groups excluding carboxylic acids is 1. The Balaban J connectivity index is 1.66. The lowest BCUT2D eigenvalue weighted by Gasteiger charge is -2.17. The Morgan fingerprint density at radius 2 is 2.42 bits per heavy atom. The van der Waals surface area contributed by atoms with Gasteiger partial charge in [-0.15, -0.1) is 5.10 Å². The molecule has 0 saturated carbocycles. The molecule has 1 aliphatic rings. The number of aromatic nitrogens is 3. The Morgan fingerprint density at radius 3 is 3.16 bits per heavy atom. The maximum Gasteiger partial charge on any atom is 0.227 e. The van der Waals surface area contributed by atoms with Crippen molar-refractivity contribution in [3.8, 4) is 0 Å². The number of amides is 1. The van der Waals surface area contributed by atoms with Gasteiger partial charge < -0.3 is 15.4 Å². The standard InChI is InChI=1S/C12H21N5O2/c1-2-13-11-9-19-8-10(11)12(18)14-4-3-6-17-7-5-15-16-17/h5,7,10-11,13H,2-4,6,8-9H2,1H3,(H,14,18). The highest BCUT2D eigenvalue weighted by Crippen LogP contribution is 2.13. The number of aryl methyl sites for hydroxylation is 1. The molecular weight excluding hydrogens is 246 g/mol. The first-order valence-corrected chi connectivity index (χ1v) is 6.74. The number of rotatable bonds is 7. The van der Waals surface area contributed by atoms with E-state index < -0.39 is 0 Å². The van der Waals surface area contributed by atoms with Gasteiger partial charge in [0, 0.05) is 25.3 Å². The van der Waals surface area contributed by atoms with Crippen LogP contribution in [0.1, 0.15) is 13.3 Å². The SMILES string of the molecule is CCNC1COCC1C(=O)NCCCn1ccnn1. The van der Waals surface area contributed by atoms with E-state index in [4.69, 9.17) is 4.74 Å². The van der Waals surface area contributed by atoms with Crippen LogP contribution >= 0.6 is 0 Å². The fourth-order valence-corrected chi connectivity index (χ4v) is 2.21. The Labute approximate surface area is 112 Å². The quantitative estimate of drug-likeness (QED) is 0.645. The van der Waals surface area contributed by atoms with E-state index in [9.17, 15) is 4.79 Å². The van der Waals surface area contributed by atoms with E-state index in [1.165, 1.54) is 0 Å². The molecule has 1 saturated heterocycles. The van der Waals surface area contributed by atoms with Crippen molar-refractivity contribution in [3.63, 3.8) is 0 Å². The number of nitrogens with zero attached hydrogens (tertiary/aromatic N) is 3. The van der Waals surface area contributed by atoms with Crippen LogP contribution in [0.5, 0.6) is 0 Å². The summed E-state index contributed by atoms with van der Waals surface area (Å²) in [4.78, 5) is 12.0. The topological polar surface area (TPSA) is 81.1 Å². The van der Waals surface area contributed by atoms with E-state index in [0.717, 1.165) is 19.5 Å². The zero-order valence-electron chi connectivity index (χ0n) is 11.2. The molecule has 7 heteroatoms. The fraction of sp³-hybridized carbons (Fsp3) is 0.750. The highest BCUT2D eigenvalue weighted by atomic mass is 16.5. The lowest BCUT2D eigenvalue weighted by atomic mass is 10.0. The molecule has 1 amide bonds. The van der Waals surface area contributed by atoms with Gasteiger partial charge in [-0.05, 0) is 13.0 Å². The molecule has 0 radical (unpaired) electrons. The fourth-order valence-electron chi connectivity index (χ4n) is 2.21. The van der Waals surface area contributed by atoms with Gasteiger partial charge in [-0.3, -0.25) is 9.48 Å². The summed E-state index contributed by atoms with van der Waals surface area (Å²) < 4.78 is 7.12. The van der Waals surface area contributed by atoms with Crippen LogP contribution in [0, 0.1) is 5.92 Å². The maximum absolute atomic E-state index is 12.0. The Kier molecular flexibility index (Phi) is 5.29. The maximum atomic E-state index is 12.0. The van der Waals surface area contributed by atoms with Gasteiger partial charge in [-0.25, -0.2) is 0 Å². The first-order chi connectivity index (χ1) is 9.31. The number of carbonyl (C=O) groups is 1. The van der Waals surface area contributed by atoms with Gasteiger partial charge in [0.2, 0.25) is 5.91 Å².